The fraction of sp³-hybridized carbons (Fsp3) is 1.00. The van der Waals surface area contributed by atoms with E-state index in [0.717, 1.165) is 5.92 Å². The SMILES string of the molecule is CC(C)CN1CCN(CC2(C)CCNC2)CC1. The Bertz CT molecular complexity index is 226. The lowest BCUT2D eigenvalue weighted by Gasteiger charge is -2.39. The van der Waals surface area contributed by atoms with E-state index in [0.29, 0.717) is 5.41 Å². The molecule has 2 aliphatic rings. The summed E-state index contributed by atoms with van der Waals surface area (Å²) in [6.45, 7) is 17.1. The first-order chi connectivity index (χ1) is 8.07. The van der Waals surface area contributed by atoms with Crippen molar-refractivity contribution in [1.82, 2.24) is 15.1 Å². The van der Waals surface area contributed by atoms with Crippen molar-refractivity contribution in [2.24, 2.45) is 11.3 Å². The van der Waals surface area contributed by atoms with Gasteiger partial charge >= 0.3 is 0 Å². The standard InChI is InChI=1S/C14H29N3/c1-13(2)10-16-6-8-17(9-7-16)12-14(3)4-5-15-11-14/h13,15H,4-12H2,1-3H3. The summed E-state index contributed by atoms with van der Waals surface area (Å²) in [7, 11) is 0. The predicted octanol–water partition coefficient (Wildman–Crippen LogP) is 1.26. The second-order valence-corrected chi connectivity index (χ2v) is 6.71. The highest BCUT2D eigenvalue weighted by molar-refractivity contribution is 4.88. The first-order valence-electron chi connectivity index (χ1n) is 7.23. The minimum atomic E-state index is 0.528. The zero-order valence-corrected chi connectivity index (χ0v) is 11.8. The summed E-state index contributed by atoms with van der Waals surface area (Å²) in [5.74, 6) is 0.804. The molecule has 0 bridgehead atoms. The monoisotopic (exact) mass is 239 g/mol. The van der Waals surface area contributed by atoms with Crippen molar-refractivity contribution in [3.63, 3.8) is 0 Å². The Hall–Kier alpha value is -0.120. The molecule has 0 aromatic rings. The number of hydrogen-bond donors (Lipinski definition) is 1. The summed E-state index contributed by atoms with van der Waals surface area (Å²) >= 11 is 0. The van der Waals surface area contributed by atoms with Gasteiger partial charge in [-0.05, 0) is 24.3 Å². The Morgan fingerprint density at radius 2 is 1.76 bits per heavy atom. The number of piperazine rings is 1. The second-order valence-electron chi connectivity index (χ2n) is 6.71. The molecule has 1 N–H and O–H groups in total. The van der Waals surface area contributed by atoms with Gasteiger partial charge in [0, 0.05) is 45.8 Å². The normalized spacial score (nSPS) is 32.5. The van der Waals surface area contributed by atoms with E-state index in [1.807, 2.05) is 0 Å². The molecule has 0 aromatic carbocycles. The quantitative estimate of drug-likeness (QED) is 0.797. The van der Waals surface area contributed by atoms with Crippen molar-refractivity contribution in [2.45, 2.75) is 27.2 Å². The molecule has 3 nitrogen and oxygen atoms in total. The fourth-order valence-corrected chi connectivity index (χ4v) is 3.19. The van der Waals surface area contributed by atoms with Crippen molar-refractivity contribution in [3.05, 3.63) is 0 Å². The van der Waals surface area contributed by atoms with Crippen LogP contribution in [0.3, 0.4) is 0 Å². The van der Waals surface area contributed by atoms with Crippen LogP contribution in [-0.2, 0) is 0 Å². The van der Waals surface area contributed by atoms with Crippen LogP contribution in [0.5, 0.6) is 0 Å². The Balaban J connectivity index is 1.71. The third-order valence-electron chi connectivity index (χ3n) is 4.15. The van der Waals surface area contributed by atoms with Crippen LogP contribution in [0.4, 0.5) is 0 Å². The smallest absolute Gasteiger partial charge is 0.0110 e. The summed E-state index contributed by atoms with van der Waals surface area (Å²) in [5, 5.41) is 3.50. The summed E-state index contributed by atoms with van der Waals surface area (Å²) in [6, 6.07) is 0. The van der Waals surface area contributed by atoms with E-state index in [9.17, 15) is 0 Å². The third-order valence-corrected chi connectivity index (χ3v) is 4.15. The molecule has 17 heavy (non-hydrogen) atoms. The van der Waals surface area contributed by atoms with Gasteiger partial charge in [-0.15, -0.1) is 0 Å². The van der Waals surface area contributed by atoms with Gasteiger partial charge in [-0.25, -0.2) is 0 Å². The van der Waals surface area contributed by atoms with Crippen LogP contribution in [0.15, 0.2) is 0 Å². The Labute approximate surface area is 107 Å². The van der Waals surface area contributed by atoms with E-state index in [1.165, 1.54) is 58.8 Å². The molecule has 0 aliphatic carbocycles. The molecule has 1 unspecified atom stereocenters. The maximum atomic E-state index is 3.50. The lowest BCUT2D eigenvalue weighted by atomic mass is 9.89. The molecule has 3 heteroatoms. The average molecular weight is 239 g/mol. The first kappa shape index (κ1) is 13.3. The maximum Gasteiger partial charge on any atom is 0.0110 e. The van der Waals surface area contributed by atoms with E-state index >= 15 is 0 Å². The molecule has 1 atom stereocenters. The number of nitrogens with one attached hydrogen (secondary N) is 1. The molecule has 2 heterocycles. The van der Waals surface area contributed by atoms with E-state index in [4.69, 9.17) is 0 Å². The summed E-state index contributed by atoms with van der Waals surface area (Å²) in [4.78, 5) is 5.29. The topological polar surface area (TPSA) is 18.5 Å². The minimum absolute atomic E-state index is 0.528. The molecule has 2 rings (SSSR count). The zero-order valence-electron chi connectivity index (χ0n) is 11.8. The largest absolute Gasteiger partial charge is 0.316 e. The van der Waals surface area contributed by atoms with E-state index in [-0.39, 0.29) is 0 Å². The van der Waals surface area contributed by atoms with Gasteiger partial charge in [0.25, 0.3) is 0 Å². The number of hydrogen-bond acceptors (Lipinski definition) is 3. The first-order valence-corrected chi connectivity index (χ1v) is 7.23. The molecular formula is C14H29N3. The van der Waals surface area contributed by atoms with Crippen LogP contribution in [-0.4, -0.2) is 62.2 Å². The highest BCUT2D eigenvalue weighted by Crippen LogP contribution is 2.26. The molecule has 0 saturated carbocycles. The number of rotatable bonds is 4. The minimum Gasteiger partial charge on any atom is -0.316 e. The highest BCUT2D eigenvalue weighted by Gasteiger charge is 2.31. The molecular weight excluding hydrogens is 210 g/mol. The third kappa shape index (κ3) is 3.94. The van der Waals surface area contributed by atoms with E-state index in [2.05, 4.69) is 35.9 Å². The Morgan fingerprint density at radius 3 is 2.29 bits per heavy atom. The lowest BCUT2D eigenvalue weighted by Crippen LogP contribution is -2.50. The molecule has 0 aromatic heterocycles. The zero-order chi connectivity index (χ0) is 12.3. The molecule has 0 amide bonds. The van der Waals surface area contributed by atoms with Crippen LogP contribution in [0.25, 0.3) is 0 Å². The molecule has 2 saturated heterocycles. The van der Waals surface area contributed by atoms with E-state index < -0.39 is 0 Å². The van der Waals surface area contributed by atoms with Gasteiger partial charge in [0.1, 0.15) is 0 Å². The molecule has 2 fully saturated rings. The van der Waals surface area contributed by atoms with Gasteiger partial charge in [-0.1, -0.05) is 20.8 Å². The highest BCUT2D eigenvalue weighted by atomic mass is 15.3. The molecule has 0 spiro atoms. The average Bonchev–Trinajstić information content (AvgIpc) is 2.67. The molecule has 2 aliphatic heterocycles. The van der Waals surface area contributed by atoms with Crippen molar-refractivity contribution >= 4 is 0 Å². The molecule has 0 radical (unpaired) electrons. The van der Waals surface area contributed by atoms with Crippen molar-refractivity contribution < 1.29 is 0 Å². The van der Waals surface area contributed by atoms with Crippen LogP contribution in [0.1, 0.15) is 27.2 Å². The van der Waals surface area contributed by atoms with E-state index in [1.54, 1.807) is 0 Å². The van der Waals surface area contributed by atoms with Gasteiger partial charge in [-0.2, -0.15) is 0 Å². The maximum absolute atomic E-state index is 3.50. The van der Waals surface area contributed by atoms with Gasteiger partial charge < -0.3 is 15.1 Å². The van der Waals surface area contributed by atoms with Crippen molar-refractivity contribution in [2.75, 3.05) is 52.4 Å². The summed E-state index contributed by atoms with van der Waals surface area (Å²) in [6.07, 6.45) is 1.35. The Morgan fingerprint density at radius 1 is 1.12 bits per heavy atom. The van der Waals surface area contributed by atoms with Crippen LogP contribution in [0.2, 0.25) is 0 Å². The lowest BCUT2D eigenvalue weighted by molar-refractivity contribution is 0.0907. The van der Waals surface area contributed by atoms with Crippen molar-refractivity contribution in [1.29, 1.82) is 0 Å². The van der Waals surface area contributed by atoms with Gasteiger partial charge in [0.15, 0.2) is 0 Å². The number of nitrogens with zero attached hydrogens (tertiary/aromatic N) is 2. The fourth-order valence-electron chi connectivity index (χ4n) is 3.19. The van der Waals surface area contributed by atoms with Crippen LogP contribution >= 0.6 is 0 Å². The van der Waals surface area contributed by atoms with Gasteiger partial charge in [-0.3, -0.25) is 0 Å². The predicted molar refractivity (Wildman–Crippen MR) is 73.3 cm³/mol. The summed E-state index contributed by atoms with van der Waals surface area (Å²) in [5.41, 5.74) is 0.528. The van der Waals surface area contributed by atoms with Gasteiger partial charge in [0.05, 0.1) is 0 Å². The summed E-state index contributed by atoms with van der Waals surface area (Å²) < 4.78 is 0. The molecule has 100 valence electrons. The van der Waals surface area contributed by atoms with Crippen LogP contribution in [0, 0.1) is 11.3 Å². The Kier molecular flexibility index (Phi) is 4.45. The van der Waals surface area contributed by atoms with Crippen molar-refractivity contribution in [3.8, 4) is 0 Å². The van der Waals surface area contributed by atoms with Gasteiger partial charge in [0.2, 0.25) is 0 Å². The second kappa shape index (κ2) is 5.68. The van der Waals surface area contributed by atoms with Crippen LogP contribution < -0.4 is 5.32 Å².